The van der Waals surface area contributed by atoms with Crippen LogP contribution in [0.1, 0.15) is 11.1 Å². The van der Waals surface area contributed by atoms with Crippen molar-refractivity contribution in [2.75, 3.05) is 6.54 Å². The number of ether oxygens (including phenoxy) is 1. The molecule has 2 aromatic rings. The summed E-state index contributed by atoms with van der Waals surface area (Å²) in [5, 5.41) is 4.97. The van der Waals surface area contributed by atoms with Crippen LogP contribution in [-0.2, 0) is 22.7 Å². The van der Waals surface area contributed by atoms with Crippen LogP contribution >= 0.6 is 0 Å². The van der Waals surface area contributed by atoms with E-state index < -0.39 is 12.0 Å². The minimum Gasteiger partial charge on any atom is -0.460 e. The molecule has 2 aromatic carbocycles. The first kappa shape index (κ1) is 16.5. The van der Waals surface area contributed by atoms with E-state index in [2.05, 4.69) is 10.6 Å². The van der Waals surface area contributed by atoms with Crippen LogP contribution in [0.3, 0.4) is 0 Å². The third-order valence-electron chi connectivity index (χ3n) is 3.00. The van der Waals surface area contributed by atoms with Crippen molar-refractivity contribution in [3.8, 4) is 0 Å². The minimum absolute atomic E-state index is 0.165. The van der Waals surface area contributed by atoms with Crippen LogP contribution in [0.25, 0.3) is 0 Å². The van der Waals surface area contributed by atoms with Crippen molar-refractivity contribution >= 4 is 12.0 Å². The maximum atomic E-state index is 12.7. The molecule has 2 rings (SSSR count). The molecule has 0 radical (unpaired) electrons. The lowest BCUT2D eigenvalue weighted by Crippen LogP contribution is -2.38. The van der Waals surface area contributed by atoms with Crippen LogP contribution in [0.4, 0.5) is 9.18 Å². The molecule has 120 valence electrons. The number of benzene rings is 2. The number of urea groups is 1. The second-order valence-electron chi connectivity index (χ2n) is 4.81. The van der Waals surface area contributed by atoms with Crippen LogP contribution in [0.15, 0.2) is 54.6 Å². The summed E-state index contributed by atoms with van der Waals surface area (Å²) in [4.78, 5) is 23.1. The molecule has 0 spiro atoms. The standard InChI is InChI=1S/C17H17FN2O3/c18-15-8-6-13(7-9-15)10-19-17(22)20-11-16(21)23-12-14-4-2-1-3-5-14/h1-9H,10-12H2,(H2,19,20,22). The van der Waals surface area contributed by atoms with E-state index in [-0.39, 0.29) is 25.5 Å². The zero-order chi connectivity index (χ0) is 16.5. The fraction of sp³-hybridized carbons (Fsp3) is 0.176. The Hall–Kier alpha value is -2.89. The highest BCUT2D eigenvalue weighted by Gasteiger charge is 2.06. The van der Waals surface area contributed by atoms with Gasteiger partial charge in [0.15, 0.2) is 0 Å². The number of hydrogen-bond donors (Lipinski definition) is 2. The number of amides is 2. The molecular formula is C17H17FN2O3. The number of rotatable bonds is 6. The van der Waals surface area contributed by atoms with Crippen molar-refractivity contribution in [3.05, 3.63) is 71.5 Å². The molecule has 2 N–H and O–H groups in total. The summed E-state index contributed by atoms with van der Waals surface area (Å²) in [5.41, 5.74) is 1.63. The van der Waals surface area contributed by atoms with Gasteiger partial charge in [-0.3, -0.25) is 4.79 Å². The predicted molar refractivity (Wildman–Crippen MR) is 82.9 cm³/mol. The Kier molecular flexibility index (Phi) is 6.11. The monoisotopic (exact) mass is 316 g/mol. The van der Waals surface area contributed by atoms with E-state index in [9.17, 15) is 14.0 Å². The van der Waals surface area contributed by atoms with Gasteiger partial charge in [0.05, 0.1) is 0 Å². The Balaban J connectivity index is 1.63. The summed E-state index contributed by atoms with van der Waals surface area (Å²) in [6.45, 7) is 0.186. The number of nitrogens with one attached hydrogen (secondary N) is 2. The van der Waals surface area contributed by atoms with Gasteiger partial charge in [-0.25, -0.2) is 9.18 Å². The van der Waals surface area contributed by atoms with E-state index in [0.717, 1.165) is 11.1 Å². The summed E-state index contributed by atoms with van der Waals surface area (Å²) in [6.07, 6.45) is 0. The van der Waals surface area contributed by atoms with Crippen LogP contribution in [-0.4, -0.2) is 18.5 Å². The van der Waals surface area contributed by atoms with E-state index in [4.69, 9.17) is 4.74 Å². The highest BCUT2D eigenvalue weighted by atomic mass is 19.1. The Morgan fingerprint density at radius 2 is 1.61 bits per heavy atom. The molecule has 0 saturated heterocycles. The van der Waals surface area contributed by atoms with E-state index in [1.165, 1.54) is 12.1 Å². The zero-order valence-electron chi connectivity index (χ0n) is 12.4. The van der Waals surface area contributed by atoms with Crippen LogP contribution in [0.2, 0.25) is 0 Å². The van der Waals surface area contributed by atoms with Gasteiger partial charge in [0.25, 0.3) is 0 Å². The van der Waals surface area contributed by atoms with Gasteiger partial charge in [-0.15, -0.1) is 0 Å². The van der Waals surface area contributed by atoms with Crippen LogP contribution in [0.5, 0.6) is 0 Å². The molecule has 6 heteroatoms. The second-order valence-corrected chi connectivity index (χ2v) is 4.81. The molecule has 0 aromatic heterocycles. The fourth-order valence-corrected chi connectivity index (χ4v) is 1.79. The summed E-state index contributed by atoms with van der Waals surface area (Å²) in [6, 6.07) is 14.5. The van der Waals surface area contributed by atoms with Crippen molar-refractivity contribution in [3.63, 3.8) is 0 Å². The molecule has 0 fully saturated rings. The summed E-state index contributed by atoms with van der Waals surface area (Å²) >= 11 is 0. The molecule has 5 nitrogen and oxygen atoms in total. The van der Waals surface area contributed by atoms with Gasteiger partial charge in [0.1, 0.15) is 19.0 Å². The molecule has 0 aliphatic heterocycles. The van der Waals surface area contributed by atoms with Crippen molar-refractivity contribution in [1.29, 1.82) is 0 Å². The average Bonchev–Trinajstić information content (AvgIpc) is 2.58. The van der Waals surface area contributed by atoms with Gasteiger partial charge >= 0.3 is 12.0 Å². The first-order valence-corrected chi connectivity index (χ1v) is 7.09. The average molecular weight is 316 g/mol. The minimum atomic E-state index is -0.522. The quantitative estimate of drug-likeness (QED) is 0.804. The van der Waals surface area contributed by atoms with Crippen LogP contribution < -0.4 is 10.6 Å². The third-order valence-corrected chi connectivity index (χ3v) is 3.00. The topological polar surface area (TPSA) is 67.4 Å². The Labute approximate surface area is 133 Å². The van der Waals surface area contributed by atoms with Gasteiger partial charge in [0, 0.05) is 6.54 Å². The fourth-order valence-electron chi connectivity index (χ4n) is 1.79. The molecule has 0 aliphatic rings. The van der Waals surface area contributed by atoms with E-state index >= 15 is 0 Å². The largest absolute Gasteiger partial charge is 0.460 e. The van der Waals surface area contributed by atoms with E-state index in [1.54, 1.807) is 12.1 Å². The first-order chi connectivity index (χ1) is 11.1. The highest BCUT2D eigenvalue weighted by Crippen LogP contribution is 2.02. The van der Waals surface area contributed by atoms with Gasteiger partial charge in [-0.1, -0.05) is 42.5 Å². The van der Waals surface area contributed by atoms with Crippen molar-refractivity contribution in [1.82, 2.24) is 10.6 Å². The number of carbonyl (C=O) groups excluding carboxylic acids is 2. The molecule has 0 bridgehead atoms. The molecule has 0 aliphatic carbocycles. The van der Waals surface area contributed by atoms with Crippen molar-refractivity contribution in [2.45, 2.75) is 13.2 Å². The first-order valence-electron chi connectivity index (χ1n) is 7.09. The summed E-state index contributed by atoms with van der Waals surface area (Å²) in [7, 11) is 0. The van der Waals surface area contributed by atoms with Gasteiger partial charge < -0.3 is 15.4 Å². The molecular weight excluding hydrogens is 299 g/mol. The lowest BCUT2D eigenvalue weighted by Gasteiger charge is -2.08. The molecule has 0 saturated carbocycles. The zero-order valence-corrected chi connectivity index (χ0v) is 12.4. The number of halogens is 1. The maximum absolute atomic E-state index is 12.7. The second kappa shape index (κ2) is 8.53. The number of hydrogen-bond acceptors (Lipinski definition) is 3. The normalized spacial score (nSPS) is 9.96. The lowest BCUT2D eigenvalue weighted by molar-refractivity contribution is -0.143. The van der Waals surface area contributed by atoms with Gasteiger partial charge in [-0.2, -0.15) is 0 Å². The van der Waals surface area contributed by atoms with Gasteiger partial charge in [0.2, 0.25) is 0 Å². The molecule has 0 heterocycles. The molecule has 0 unspecified atom stereocenters. The number of esters is 1. The molecule has 0 atom stereocenters. The molecule has 2 amide bonds. The maximum Gasteiger partial charge on any atom is 0.325 e. The Bertz CT molecular complexity index is 645. The van der Waals surface area contributed by atoms with E-state index in [0.29, 0.717) is 0 Å². The predicted octanol–water partition coefficient (Wildman–Crippen LogP) is 2.37. The SMILES string of the molecule is O=C(NCC(=O)OCc1ccccc1)NCc1ccc(F)cc1. The molecule has 23 heavy (non-hydrogen) atoms. The lowest BCUT2D eigenvalue weighted by atomic mass is 10.2. The third kappa shape index (κ3) is 6.17. The Morgan fingerprint density at radius 3 is 2.30 bits per heavy atom. The smallest absolute Gasteiger partial charge is 0.325 e. The van der Waals surface area contributed by atoms with Crippen molar-refractivity contribution < 1.29 is 18.7 Å². The van der Waals surface area contributed by atoms with Crippen molar-refractivity contribution in [2.24, 2.45) is 0 Å². The van der Waals surface area contributed by atoms with Gasteiger partial charge in [-0.05, 0) is 23.3 Å². The van der Waals surface area contributed by atoms with E-state index in [1.807, 2.05) is 30.3 Å². The highest BCUT2D eigenvalue weighted by molar-refractivity contribution is 5.80. The Morgan fingerprint density at radius 1 is 0.913 bits per heavy atom. The summed E-state index contributed by atoms with van der Waals surface area (Å²) in [5.74, 6) is -0.856. The van der Waals surface area contributed by atoms with Crippen LogP contribution in [0, 0.1) is 5.82 Å². The number of carbonyl (C=O) groups is 2. The summed E-state index contributed by atoms with van der Waals surface area (Å²) < 4.78 is 17.8.